The van der Waals surface area contributed by atoms with Crippen LogP contribution in [0.25, 0.3) is 11.6 Å². The van der Waals surface area contributed by atoms with Gasteiger partial charge in [0, 0.05) is 18.8 Å². The second kappa shape index (κ2) is 6.49. The summed E-state index contributed by atoms with van der Waals surface area (Å²) < 4.78 is 0. The lowest BCUT2D eigenvalue weighted by atomic mass is 10.0. The summed E-state index contributed by atoms with van der Waals surface area (Å²) in [4.78, 5) is 2.42. The van der Waals surface area contributed by atoms with Crippen LogP contribution in [0, 0.1) is 18.3 Å². The summed E-state index contributed by atoms with van der Waals surface area (Å²) in [5, 5.41) is 9.41. The third-order valence-corrected chi connectivity index (χ3v) is 4.16. The minimum atomic E-state index is 0.703. The lowest BCUT2D eigenvalue weighted by molar-refractivity contribution is 0.949. The van der Waals surface area contributed by atoms with Gasteiger partial charge in [-0.1, -0.05) is 42.0 Å². The largest absolute Gasteiger partial charge is 0.372 e. The second-order valence-corrected chi connectivity index (χ2v) is 5.82. The van der Waals surface area contributed by atoms with Gasteiger partial charge in [0.25, 0.3) is 0 Å². The molecule has 2 nitrogen and oxygen atoms in total. The van der Waals surface area contributed by atoms with Gasteiger partial charge < -0.3 is 4.90 Å². The van der Waals surface area contributed by atoms with Crippen LogP contribution in [0.2, 0.25) is 0 Å². The molecule has 1 aliphatic rings. The molecule has 0 N–H and O–H groups in total. The van der Waals surface area contributed by atoms with Gasteiger partial charge in [-0.05, 0) is 49.1 Å². The van der Waals surface area contributed by atoms with E-state index in [2.05, 4.69) is 42.2 Å². The molecule has 3 rings (SSSR count). The SMILES string of the molecule is Cc1ccc(/C(C#N)=C/c2ccc(N3CCCC3)cc2)cc1. The summed E-state index contributed by atoms with van der Waals surface area (Å²) in [6.07, 6.45) is 4.53. The zero-order valence-corrected chi connectivity index (χ0v) is 12.9. The Balaban J connectivity index is 1.83. The quantitative estimate of drug-likeness (QED) is 0.606. The van der Waals surface area contributed by atoms with Gasteiger partial charge in [0.15, 0.2) is 0 Å². The molecule has 2 heteroatoms. The first kappa shape index (κ1) is 14.4. The van der Waals surface area contributed by atoms with Gasteiger partial charge in [-0.25, -0.2) is 0 Å². The summed E-state index contributed by atoms with van der Waals surface area (Å²) in [5.74, 6) is 0. The van der Waals surface area contributed by atoms with Gasteiger partial charge in [-0.3, -0.25) is 0 Å². The maximum atomic E-state index is 9.41. The number of aryl methyl sites for hydroxylation is 1. The number of hydrogen-bond acceptors (Lipinski definition) is 2. The molecule has 0 amide bonds. The third-order valence-electron chi connectivity index (χ3n) is 4.16. The predicted molar refractivity (Wildman–Crippen MR) is 92.6 cm³/mol. The molecule has 1 fully saturated rings. The summed E-state index contributed by atoms with van der Waals surface area (Å²) >= 11 is 0. The van der Waals surface area contributed by atoms with Gasteiger partial charge >= 0.3 is 0 Å². The molecule has 2 aromatic carbocycles. The molecule has 0 saturated carbocycles. The topological polar surface area (TPSA) is 27.0 Å². The van der Waals surface area contributed by atoms with E-state index in [9.17, 15) is 5.26 Å². The first-order chi connectivity index (χ1) is 10.8. The molecule has 0 atom stereocenters. The van der Waals surface area contributed by atoms with Crippen molar-refractivity contribution in [1.29, 1.82) is 5.26 Å². The summed E-state index contributed by atoms with van der Waals surface area (Å²) in [6.45, 7) is 4.36. The molecular weight excluding hydrogens is 268 g/mol. The summed E-state index contributed by atoms with van der Waals surface area (Å²) in [5.41, 5.74) is 5.23. The second-order valence-electron chi connectivity index (χ2n) is 5.82. The molecule has 0 spiro atoms. The molecule has 0 bridgehead atoms. The Bertz CT molecular complexity index is 697. The van der Waals surface area contributed by atoms with Crippen molar-refractivity contribution in [2.24, 2.45) is 0 Å². The molecule has 1 heterocycles. The predicted octanol–water partition coefficient (Wildman–Crippen LogP) is 4.66. The fourth-order valence-corrected chi connectivity index (χ4v) is 2.84. The van der Waals surface area contributed by atoms with E-state index < -0.39 is 0 Å². The highest BCUT2D eigenvalue weighted by molar-refractivity contribution is 5.89. The molecule has 110 valence electrons. The van der Waals surface area contributed by atoms with Gasteiger partial charge in [-0.15, -0.1) is 0 Å². The van der Waals surface area contributed by atoms with Crippen molar-refractivity contribution in [1.82, 2.24) is 0 Å². The van der Waals surface area contributed by atoms with Gasteiger partial charge in [-0.2, -0.15) is 5.26 Å². The monoisotopic (exact) mass is 288 g/mol. The van der Waals surface area contributed by atoms with Gasteiger partial charge in [0.05, 0.1) is 11.6 Å². The van der Waals surface area contributed by atoms with Crippen LogP contribution in [-0.2, 0) is 0 Å². The average molecular weight is 288 g/mol. The van der Waals surface area contributed by atoms with E-state index in [1.165, 1.54) is 24.1 Å². The van der Waals surface area contributed by atoms with Crippen LogP contribution >= 0.6 is 0 Å². The number of hydrogen-bond donors (Lipinski definition) is 0. The first-order valence-corrected chi connectivity index (χ1v) is 7.80. The summed E-state index contributed by atoms with van der Waals surface area (Å²) in [6, 6.07) is 18.9. The Kier molecular flexibility index (Phi) is 4.25. The Hall–Kier alpha value is -2.53. The van der Waals surface area contributed by atoms with Gasteiger partial charge in [0.1, 0.15) is 0 Å². The van der Waals surface area contributed by atoms with E-state index in [0.29, 0.717) is 5.57 Å². The molecule has 0 aliphatic carbocycles. The highest BCUT2D eigenvalue weighted by Gasteiger charge is 2.11. The van der Waals surface area contributed by atoms with Crippen molar-refractivity contribution >= 4 is 17.3 Å². The van der Waals surface area contributed by atoms with Crippen LogP contribution in [0.3, 0.4) is 0 Å². The highest BCUT2D eigenvalue weighted by Crippen LogP contribution is 2.23. The Morgan fingerprint density at radius 2 is 1.64 bits per heavy atom. The number of benzene rings is 2. The maximum absolute atomic E-state index is 9.41. The molecule has 0 aromatic heterocycles. The summed E-state index contributed by atoms with van der Waals surface area (Å²) in [7, 11) is 0. The van der Waals surface area contributed by atoms with E-state index in [1.807, 2.05) is 30.3 Å². The molecule has 22 heavy (non-hydrogen) atoms. The van der Waals surface area contributed by atoms with Crippen molar-refractivity contribution in [3.8, 4) is 6.07 Å². The first-order valence-electron chi connectivity index (χ1n) is 7.80. The van der Waals surface area contributed by atoms with E-state index in [4.69, 9.17) is 0 Å². The van der Waals surface area contributed by atoms with Crippen molar-refractivity contribution in [3.05, 3.63) is 65.2 Å². The molecular formula is C20H20N2. The van der Waals surface area contributed by atoms with Crippen LogP contribution < -0.4 is 4.90 Å². The molecule has 2 aromatic rings. The molecule has 0 radical (unpaired) electrons. The zero-order chi connectivity index (χ0) is 15.4. The van der Waals surface area contributed by atoms with Crippen molar-refractivity contribution in [2.45, 2.75) is 19.8 Å². The minimum Gasteiger partial charge on any atom is -0.372 e. The van der Waals surface area contributed by atoms with Crippen LogP contribution in [0.15, 0.2) is 48.5 Å². The Morgan fingerprint density at radius 1 is 1.00 bits per heavy atom. The van der Waals surface area contributed by atoms with E-state index >= 15 is 0 Å². The van der Waals surface area contributed by atoms with E-state index in [0.717, 1.165) is 24.2 Å². The number of nitriles is 1. The van der Waals surface area contributed by atoms with Crippen molar-refractivity contribution < 1.29 is 0 Å². The number of allylic oxidation sites excluding steroid dienone is 1. The molecule has 1 saturated heterocycles. The molecule has 1 aliphatic heterocycles. The van der Waals surface area contributed by atoms with E-state index in [1.54, 1.807) is 0 Å². The Morgan fingerprint density at radius 3 is 2.23 bits per heavy atom. The number of nitrogens with zero attached hydrogens (tertiary/aromatic N) is 2. The molecule has 0 unspecified atom stereocenters. The normalized spacial score (nSPS) is 14.9. The van der Waals surface area contributed by atoms with Gasteiger partial charge in [0.2, 0.25) is 0 Å². The third kappa shape index (κ3) is 3.20. The maximum Gasteiger partial charge on any atom is 0.0998 e. The van der Waals surface area contributed by atoms with Crippen LogP contribution in [0.4, 0.5) is 5.69 Å². The van der Waals surface area contributed by atoms with Crippen molar-refractivity contribution in [3.63, 3.8) is 0 Å². The minimum absolute atomic E-state index is 0.703. The fourth-order valence-electron chi connectivity index (χ4n) is 2.84. The number of anilines is 1. The highest BCUT2D eigenvalue weighted by atomic mass is 15.1. The number of rotatable bonds is 3. The van der Waals surface area contributed by atoms with Crippen LogP contribution in [0.5, 0.6) is 0 Å². The lowest BCUT2D eigenvalue weighted by Crippen LogP contribution is -2.17. The smallest absolute Gasteiger partial charge is 0.0998 e. The lowest BCUT2D eigenvalue weighted by Gasteiger charge is -2.17. The average Bonchev–Trinajstić information content (AvgIpc) is 3.09. The Labute approximate surface area is 132 Å². The standard InChI is InChI=1S/C20H20N2/c1-16-4-8-18(9-5-16)19(15-21)14-17-6-10-20(11-7-17)22-12-2-3-13-22/h4-11,14H,2-3,12-13H2,1H3/b19-14+. The van der Waals surface area contributed by atoms with Crippen molar-refractivity contribution in [2.75, 3.05) is 18.0 Å². The van der Waals surface area contributed by atoms with E-state index in [-0.39, 0.29) is 0 Å². The van der Waals surface area contributed by atoms with Crippen LogP contribution in [-0.4, -0.2) is 13.1 Å². The fraction of sp³-hybridized carbons (Fsp3) is 0.250. The van der Waals surface area contributed by atoms with Crippen LogP contribution in [0.1, 0.15) is 29.5 Å². The zero-order valence-electron chi connectivity index (χ0n) is 12.9.